The van der Waals surface area contributed by atoms with E-state index in [9.17, 15) is 4.79 Å². The lowest BCUT2D eigenvalue weighted by Crippen LogP contribution is -2.43. The zero-order valence-electron chi connectivity index (χ0n) is 11.5. The summed E-state index contributed by atoms with van der Waals surface area (Å²) >= 11 is 0. The lowest BCUT2D eigenvalue weighted by Gasteiger charge is -2.34. The molecule has 2 N–H and O–H groups in total. The van der Waals surface area contributed by atoms with Gasteiger partial charge >= 0.3 is 0 Å². The highest BCUT2D eigenvalue weighted by atomic mass is 16.1. The molecule has 1 aliphatic rings. The number of piperidine rings is 1. The van der Waals surface area contributed by atoms with E-state index in [1.165, 1.54) is 25.9 Å². The molecular weight excluding hydrogens is 214 g/mol. The Morgan fingerprint density at radius 2 is 2.29 bits per heavy atom. The number of hydrogen-bond donors (Lipinski definition) is 2. The Morgan fingerprint density at radius 3 is 2.94 bits per heavy atom. The fourth-order valence-electron chi connectivity index (χ4n) is 2.48. The predicted molar refractivity (Wildman–Crippen MR) is 71.0 cm³/mol. The van der Waals surface area contributed by atoms with Crippen molar-refractivity contribution in [2.24, 2.45) is 5.92 Å². The van der Waals surface area contributed by atoms with Crippen LogP contribution in [0.5, 0.6) is 0 Å². The van der Waals surface area contributed by atoms with Crippen LogP contribution in [0.15, 0.2) is 0 Å². The fraction of sp³-hybridized carbons (Fsp3) is 0.923. The van der Waals surface area contributed by atoms with Gasteiger partial charge < -0.3 is 15.5 Å². The summed E-state index contributed by atoms with van der Waals surface area (Å²) in [4.78, 5) is 13.7. The molecule has 0 spiro atoms. The van der Waals surface area contributed by atoms with Gasteiger partial charge in [-0.2, -0.15) is 0 Å². The molecule has 4 nitrogen and oxygen atoms in total. The number of rotatable bonds is 6. The second kappa shape index (κ2) is 7.67. The van der Waals surface area contributed by atoms with Crippen molar-refractivity contribution in [3.8, 4) is 0 Å². The number of amides is 1. The largest absolute Gasteiger partial charge is 0.356 e. The minimum Gasteiger partial charge on any atom is -0.356 e. The molecule has 0 radical (unpaired) electrons. The third kappa shape index (κ3) is 5.50. The lowest BCUT2D eigenvalue weighted by atomic mass is 9.92. The van der Waals surface area contributed by atoms with E-state index in [0.29, 0.717) is 12.5 Å². The van der Waals surface area contributed by atoms with Gasteiger partial charge in [0.2, 0.25) is 5.91 Å². The molecule has 0 aromatic rings. The molecule has 2 atom stereocenters. The highest BCUT2D eigenvalue weighted by Crippen LogP contribution is 2.18. The predicted octanol–water partition coefficient (Wildman–Crippen LogP) is 0.833. The first kappa shape index (κ1) is 14.5. The van der Waals surface area contributed by atoms with Gasteiger partial charge in [0.15, 0.2) is 0 Å². The molecule has 1 amide bonds. The van der Waals surface area contributed by atoms with Crippen LogP contribution in [0, 0.1) is 5.92 Å². The molecule has 0 aromatic heterocycles. The van der Waals surface area contributed by atoms with Crippen molar-refractivity contribution >= 4 is 5.91 Å². The van der Waals surface area contributed by atoms with Crippen LogP contribution in [0.1, 0.15) is 33.1 Å². The van der Waals surface area contributed by atoms with Gasteiger partial charge in [-0.1, -0.05) is 0 Å². The molecular formula is C13H27N3O. The molecule has 0 aromatic carbocycles. The summed E-state index contributed by atoms with van der Waals surface area (Å²) in [5.74, 6) is 0.871. The Bertz CT molecular complexity index is 233. The van der Waals surface area contributed by atoms with Gasteiger partial charge in [0.05, 0.1) is 0 Å². The molecule has 1 aliphatic heterocycles. The topological polar surface area (TPSA) is 44.4 Å². The number of hydrogen-bond acceptors (Lipinski definition) is 3. The van der Waals surface area contributed by atoms with E-state index >= 15 is 0 Å². The molecule has 1 rings (SSSR count). The lowest BCUT2D eigenvalue weighted by molar-refractivity contribution is -0.120. The highest BCUT2D eigenvalue weighted by Gasteiger charge is 2.22. The first-order valence-corrected chi connectivity index (χ1v) is 6.82. The van der Waals surface area contributed by atoms with Crippen molar-refractivity contribution in [1.82, 2.24) is 15.5 Å². The summed E-state index contributed by atoms with van der Waals surface area (Å²) in [6.45, 7) is 8.10. The maximum absolute atomic E-state index is 11.3. The summed E-state index contributed by atoms with van der Waals surface area (Å²) in [5.41, 5.74) is 0. The van der Waals surface area contributed by atoms with Crippen LogP contribution < -0.4 is 10.6 Å². The number of carbonyl (C=O) groups excluding carboxylic acids is 1. The van der Waals surface area contributed by atoms with Gasteiger partial charge in [-0.25, -0.2) is 0 Å². The van der Waals surface area contributed by atoms with E-state index < -0.39 is 0 Å². The van der Waals surface area contributed by atoms with Crippen molar-refractivity contribution in [3.05, 3.63) is 0 Å². The third-order valence-corrected chi connectivity index (χ3v) is 3.56. The van der Waals surface area contributed by atoms with E-state index in [1.54, 1.807) is 0 Å². The minimum atomic E-state index is 0.146. The zero-order valence-corrected chi connectivity index (χ0v) is 11.5. The van der Waals surface area contributed by atoms with Gasteiger partial charge in [-0.3, -0.25) is 4.79 Å². The van der Waals surface area contributed by atoms with Crippen molar-refractivity contribution in [2.45, 2.75) is 39.2 Å². The van der Waals surface area contributed by atoms with E-state index in [2.05, 4.69) is 29.5 Å². The van der Waals surface area contributed by atoms with E-state index in [-0.39, 0.29) is 5.91 Å². The first-order chi connectivity index (χ1) is 8.13. The number of nitrogens with zero attached hydrogens (tertiary/aromatic N) is 1. The van der Waals surface area contributed by atoms with Gasteiger partial charge in [-0.15, -0.1) is 0 Å². The fourth-order valence-corrected chi connectivity index (χ4v) is 2.48. The number of carbonyl (C=O) groups is 1. The average molecular weight is 241 g/mol. The Balaban J connectivity index is 2.15. The molecule has 1 fully saturated rings. The quantitative estimate of drug-likeness (QED) is 0.724. The van der Waals surface area contributed by atoms with E-state index in [0.717, 1.165) is 19.0 Å². The summed E-state index contributed by atoms with van der Waals surface area (Å²) in [7, 11) is 2.19. The van der Waals surface area contributed by atoms with Crippen LogP contribution in [-0.4, -0.2) is 50.1 Å². The highest BCUT2D eigenvalue weighted by molar-refractivity contribution is 5.75. The maximum atomic E-state index is 11.3. The molecule has 1 heterocycles. The first-order valence-electron chi connectivity index (χ1n) is 6.82. The van der Waals surface area contributed by atoms with Crippen molar-refractivity contribution in [1.29, 1.82) is 0 Å². The summed E-state index contributed by atoms with van der Waals surface area (Å²) in [6, 6.07) is 0.507. The molecule has 1 saturated heterocycles. The smallest absolute Gasteiger partial charge is 0.221 e. The van der Waals surface area contributed by atoms with Gasteiger partial charge in [0.25, 0.3) is 0 Å². The van der Waals surface area contributed by atoms with Crippen molar-refractivity contribution in [2.75, 3.05) is 33.2 Å². The number of nitrogens with one attached hydrogen (secondary N) is 2. The zero-order chi connectivity index (χ0) is 12.7. The van der Waals surface area contributed by atoms with Crippen LogP contribution in [0.2, 0.25) is 0 Å². The van der Waals surface area contributed by atoms with Crippen LogP contribution in [-0.2, 0) is 4.79 Å². The Hall–Kier alpha value is -0.610. The maximum Gasteiger partial charge on any atom is 0.221 e. The van der Waals surface area contributed by atoms with Crippen LogP contribution >= 0.6 is 0 Å². The molecule has 2 unspecified atom stereocenters. The standard InChI is InChI=1S/C13H27N3O/c1-4-14-13(17)7-8-15-11(2)12-6-5-9-16(3)10-12/h11-12,15H,4-10H2,1-3H3,(H,14,17). The van der Waals surface area contributed by atoms with Gasteiger partial charge in [-0.05, 0) is 46.2 Å². The Labute approximate surface area is 105 Å². The SMILES string of the molecule is CCNC(=O)CCNC(C)C1CCCN(C)C1. The van der Waals surface area contributed by atoms with Gasteiger partial charge in [0.1, 0.15) is 0 Å². The average Bonchev–Trinajstić information content (AvgIpc) is 2.29. The van der Waals surface area contributed by atoms with Crippen molar-refractivity contribution in [3.63, 3.8) is 0 Å². The summed E-state index contributed by atoms with van der Waals surface area (Å²) in [6.07, 6.45) is 3.18. The summed E-state index contributed by atoms with van der Waals surface area (Å²) in [5, 5.41) is 6.29. The number of likely N-dealkylation sites (tertiary alicyclic amines) is 1. The van der Waals surface area contributed by atoms with Gasteiger partial charge in [0, 0.05) is 32.1 Å². The molecule has 0 saturated carbocycles. The van der Waals surface area contributed by atoms with E-state index in [4.69, 9.17) is 0 Å². The molecule has 100 valence electrons. The monoisotopic (exact) mass is 241 g/mol. The normalized spacial score (nSPS) is 23.4. The second-order valence-electron chi connectivity index (χ2n) is 5.11. The summed E-state index contributed by atoms with van der Waals surface area (Å²) < 4.78 is 0. The van der Waals surface area contributed by atoms with E-state index in [1.807, 2.05) is 6.92 Å². The van der Waals surface area contributed by atoms with Crippen LogP contribution in [0.4, 0.5) is 0 Å². The Morgan fingerprint density at radius 1 is 1.53 bits per heavy atom. The molecule has 0 bridgehead atoms. The molecule has 4 heteroatoms. The molecule has 0 aliphatic carbocycles. The van der Waals surface area contributed by atoms with Crippen molar-refractivity contribution < 1.29 is 4.79 Å². The third-order valence-electron chi connectivity index (χ3n) is 3.56. The second-order valence-corrected chi connectivity index (χ2v) is 5.11. The molecule has 17 heavy (non-hydrogen) atoms. The van der Waals surface area contributed by atoms with Crippen LogP contribution in [0.25, 0.3) is 0 Å². The minimum absolute atomic E-state index is 0.146. The van der Waals surface area contributed by atoms with Crippen LogP contribution in [0.3, 0.4) is 0 Å². The Kier molecular flexibility index (Phi) is 6.52.